The number of alkyl carbamates (subject to hydrolysis) is 1. The number of carbonyl (C=O) groups is 3. The zero-order chi connectivity index (χ0) is 47.7. The van der Waals surface area contributed by atoms with E-state index in [0.29, 0.717) is 19.4 Å². The van der Waals surface area contributed by atoms with Crippen LogP contribution in [0.15, 0.2) is 21.9 Å². The molecule has 1 aromatic rings. The van der Waals surface area contributed by atoms with E-state index in [4.69, 9.17) is 42.6 Å². The zero-order valence-corrected chi connectivity index (χ0v) is 40.5. The number of carbonyl (C=O) groups excluding carboxylic acids is 3. The lowest BCUT2D eigenvalue weighted by Gasteiger charge is -2.37. The molecule has 19 nitrogen and oxygen atoms in total. The number of urea groups is 1. The highest BCUT2D eigenvalue weighted by Crippen LogP contribution is 2.47. The van der Waals surface area contributed by atoms with Gasteiger partial charge >= 0.3 is 23.8 Å². The third-order valence-corrected chi connectivity index (χ3v) is 11.8. The first-order valence-corrected chi connectivity index (χ1v) is 23.8. The molecule has 10 atom stereocenters. The number of hydrogen-bond donors (Lipinski definition) is 4. The molecule has 4 N–H and O–H groups in total. The van der Waals surface area contributed by atoms with Gasteiger partial charge in [-0.05, 0) is 74.7 Å². The molecule has 65 heavy (non-hydrogen) atoms. The maximum absolute atomic E-state index is 14.5. The lowest BCUT2D eigenvalue weighted by molar-refractivity contribution is -0.275. The van der Waals surface area contributed by atoms with Gasteiger partial charge in [-0.15, -0.1) is 0 Å². The first-order chi connectivity index (χ1) is 30.6. The Kier molecular flexibility index (Phi) is 18.1. The minimum Gasteiger partial charge on any atom is -0.458 e. The van der Waals surface area contributed by atoms with E-state index in [1.165, 1.54) is 55.4 Å². The number of aromatic nitrogens is 2. The Balaban J connectivity index is 1.46. The molecule has 0 spiro atoms. The Morgan fingerprint density at radius 2 is 1.37 bits per heavy atom. The summed E-state index contributed by atoms with van der Waals surface area (Å²) in [7, 11) is 0. The minimum absolute atomic E-state index is 0.0461. The first-order valence-electron chi connectivity index (χ1n) is 23.8. The lowest BCUT2D eigenvalue weighted by atomic mass is 9.98. The van der Waals surface area contributed by atoms with Gasteiger partial charge in [0.15, 0.2) is 30.1 Å². The molecule has 3 amide bonds. The average molecular weight is 924 g/mol. The molecular formula is C46H77N5O14. The van der Waals surface area contributed by atoms with E-state index in [9.17, 15) is 24.0 Å². The van der Waals surface area contributed by atoms with E-state index in [2.05, 4.69) is 27.9 Å². The second-order valence-electron chi connectivity index (χ2n) is 20.0. The lowest BCUT2D eigenvalue weighted by Crippen LogP contribution is -2.60. The number of esters is 1. The zero-order valence-electron chi connectivity index (χ0n) is 40.5. The number of rotatable bonds is 22. The minimum atomic E-state index is -1.57. The van der Waals surface area contributed by atoms with Gasteiger partial charge < -0.3 is 58.6 Å². The summed E-state index contributed by atoms with van der Waals surface area (Å²) in [4.78, 5) is 68.9. The Hall–Kier alpha value is -3.59. The quantitative estimate of drug-likeness (QED) is 0.0795. The number of fused-ring (bicyclic) bond motifs is 2. The number of hydrogen-bond acceptors (Lipinski definition) is 14. The molecule has 5 rings (SSSR count). The SMILES string of the molecule is CCCCCCCCCCCCNC(=O)N[C@H](C(=O)OC(C)(C)C)[C@H](O[C@@H]1O[C@H](CNC(=O)OC(C)(C)C)[C@H]2OC(CC)(CC)O[C@@H]12)[C@H]1O[C@@H](n2ccc(=O)[nH]c2=O)[C@@H]2OC(C)(C)O[C@H]12. The number of unbranched alkanes of at least 4 members (excludes halogenated alkanes) is 9. The van der Waals surface area contributed by atoms with Crippen LogP contribution in [0.5, 0.6) is 0 Å². The summed E-state index contributed by atoms with van der Waals surface area (Å²) < 4.78 is 58.6. The van der Waals surface area contributed by atoms with Crippen molar-refractivity contribution in [2.24, 2.45) is 0 Å². The fourth-order valence-corrected chi connectivity index (χ4v) is 8.71. The van der Waals surface area contributed by atoms with E-state index < -0.39 is 113 Å². The molecule has 5 heterocycles. The van der Waals surface area contributed by atoms with Crippen LogP contribution < -0.4 is 27.2 Å². The van der Waals surface area contributed by atoms with Gasteiger partial charge in [-0.2, -0.15) is 0 Å². The van der Waals surface area contributed by atoms with Crippen molar-refractivity contribution in [1.29, 1.82) is 0 Å². The standard InChI is InChI=1S/C46H77N5O14/c1-12-15-16-17-18-19-20-21-22-23-25-47-40(54)50-30(38(53)64-43(4,5)6)32(33-34-35(61-45(10,11)60-34)37(58-33)51-26-24-29(52)49-41(51)55)59-39-36-31(62-46(13-2,14-3)63-36)28(57-39)27-48-42(56)65-44(7,8)9/h24,26,28,30-37,39H,12-23,25,27H2,1-11H3,(H,48,56)(H2,47,50,54)(H,49,52,55)/t28-,30+,31-,32+,33-,34-,35-,36-,37-,39+/m1/s1. The van der Waals surface area contributed by atoms with Crippen molar-refractivity contribution < 1.29 is 57.0 Å². The van der Waals surface area contributed by atoms with Crippen molar-refractivity contribution in [1.82, 2.24) is 25.5 Å². The van der Waals surface area contributed by atoms with Crippen LogP contribution in [0, 0.1) is 0 Å². The monoisotopic (exact) mass is 924 g/mol. The number of amides is 3. The Morgan fingerprint density at radius 3 is 1.97 bits per heavy atom. The number of nitrogens with zero attached hydrogens (tertiary/aromatic N) is 1. The van der Waals surface area contributed by atoms with Crippen LogP contribution in [0.1, 0.15) is 159 Å². The molecule has 0 aromatic carbocycles. The van der Waals surface area contributed by atoms with Gasteiger partial charge in [-0.3, -0.25) is 14.3 Å². The third kappa shape index (κ3) is 14.5. The maximum Gasteiger partial charge on any atom is 0.407 e. The smallest absolute Gasteiger partial charge is 0.407 e. The summed E-state index contributed by atoms with van der Waals surface area (Å²) in [6, 6.07) is -1.05. The van der Waals surface area contributed by atoms with E-state index >= 15 is 0 Å². The van der Waals surface area contributed by atoms with Crippen molar-refractivity contribution in [2.75, 3.05) is 13.1 Å². The molecule has 1 aromatic heterocycles. The van der Waals surface area contributed by atoms with Gasteiger partial charge in [0.25, 0.3) is 5.56 Å². The highest BCUT2D eigenvalue weighted by atomic mass is 16.8. The van der Waals surface area contributed by atoms with Crippen molar-refractivity contribution in [2.45, 2.75) is 237 Å². The number of ether oxygens (including phenoxy) is 9. The Labute approximate surface area is 383 Å². The second-order valence-corrected chi connectivity index (χ2v) is 20.0. The summed E-state index contributed by atoms with van der Waals surface area (Å²) in [6.07, 6.45) is 3.27. The highest BCUT2D eigenvalue weighted by molar-refractivity contribution is 5.84. The molecule has 4 aliphatic heterocycles. The molecule has 0 bridgehead atoms. The van der Waals surface area contributed by atoms with E-state index in [1.807, 2.05) is 13.8 Å². The Morgan fingerprint density at radius 1 is 0.769 bits per heavy atom. The van der Waals surface area contributed by atoms with Crippen LogP contribution in [0.3, 0.4) is 0 Å². The predicted octanol–water partition coefficient (Wildman–Crippen LogP) is 5.82. The average Bonchev–Trinajstić information content (AvgIpc) is 3.93. The van der Waals surface area contributed by atoms with Crippen LogP contribution in [-0.4, -0.2) is 119 Å². The fourth-order valence-electron chi connectivity index (χ4n) is 8.71. The molecule has 4 saturated heterocycles. The molecule has 0 unspecified atom stereocenters. The van der Waals surface area contributed by atoms with Crippen molar-refractivity contribution in [3.63, 3.8) is 0 Å². The van der Waals surface area contributed by atoms with Gasteiger partial charge in [-0.1, -0.05) is 78.6 Å². The molecule has 4 fully saturated rings. The largest absolute Gasteiger partial charge is 0.458 e. The van der Waals surface area contributed by atoms with E-state index in [-0.39, 0.29) is 6.54 Å². The van der Waals surface area contributed by atoms with E-state index in [1.54, 1.807) is 55.4 Å². The van der Waals surface area contributed by atoms with Crippen LogP contribution in [0.25, 0.3) is 0 Å². The summed E-state index contributed by atoms with van der Waals surface area (Å²) in [5.74, 6) is -3.07. The topological polar surface area (TPSA) is 225 Å². The number of aromatic amines is 1. The van der Waals surface area contributed by atoms with Gasteiger partial charge in [0.2, 0.25) is 0 Å². The molecule has 0 radical (unpaired) electrons. The van der Waals surface area contributed by atoms with Crippen molar-refractivity contribution >= 4 is 18.1 Å². The summed E-state index contributed by atoms with van der Waals surface area (Å²) >= 11 is 0. The van der Waals surface area contributed by atoms with Crippen molar-refractivity contribution in [3.8, 4) is 0 Å². The maximum atomic E-state index is 14.5. The van der Waals surface area contributed by atoms with Crippen LogP contribution in [0.4, 0.5) is 9.59 Å². The molecule has 370 valence electrons. The van der Waals surface area contributed by atoms with Crippen molar-refractivity contribution in [3.05, 3.63) is 33.1 Å². The van der Waals surface area contributed by atoms with Crippen LogP contribution in [-0.2, 0) is 47.4 Å². The molecule has 0 saturated carbocycles. The fraction of sp³-hybridized carbons (Fsp3) is 0.848. The Bertz CT molecular complexity index is 1840. The highest BCUT2D eigenvalue weighted by Gasteiger charge is 2.63. The molecule has 4 aliphatic rings. The normalized spacial score (nSPS) is 27.7. The molecule has 19 heteroatoms. The number of nitrogens with one attached hydrogen (secondary N) is 4. The molecule has 0 aliphatic carbocycles. The van der Waals surface area contributed by atoms with Crippen LogP contribution in [0.2, 0.25) is 0 Å². The van der Waals surface area contributed by atoms with Gasteiger partial charge in [0.05, 0.1) is 0 Å². The second kappa shape index (κ2) is 22.5. The van der Waals surface area contributed by atoms with E-state index in [0.717, 1.165) is 25.7 Å². The number of H-pyrrole nitrogens is 1. The summed E-state index contributed by atoms with van der Waals surface area (Å²) in [5.41, 5.74) is -3.14. The van der Waals surface area contributed by atoms with Gasteiger partial charge in [-0.25, -0.2) is 19.2 Å². The summed E-state index contributed by atoms with van der Waals surface area (Å²) in [6.45, 7) is 20.1. The van der Waals surface area contributed by atoms with Gasteiger partial charge in [0, 0.05) is 25.4 Å². The third-order valence-electron chi connectivity index (χ3n) is 11.8. The molecular weight excluding hydrogens is 847 g/mol. The van der Waals surface area contributed by atoms with Gasteiger partial charge in [0.1, 0.15) is 53.9 Å². The first kappa shape index (κ1) is 52.4. The predicted molar refractivity (Wildman–Crippen MR) is 238 cm³/mol. The summed E-state index contributed by atoms with van der Waals surface area (Å²) in [5, 5.41) is 8.49. The van der Waals surface area contributed by atoms with Crippen LogP contribution >= 0.6 is 0 Å².